The average molecular weight is 174 g/mol. The summed E-state index contributed by atoms with van der Waals surface area (Å²) < 4.78 is 5.49. The molecule has 2 atom stereocenters. The number of ether oxygens (including phenoxy) is 1. The lowest BCUT2D eigenvalue weighted by molar-refractivity contribution is 0.0589. The summed E-state index contributed by atoms with van der Waals surface area (Å²) in [5.41, 5.74) is 0. The highest BCUT2D eigenvalue weighted by molar-refractivity contribution is 4.49. The number of aliphatic hydroxyl groups excluding tert-OH is 1. The smallest absolute Gasteiger partial charge is 0.0544 e. The zero-order valence-electron chi connectivity index (χ0n) is 8.55. The fourth-order valence-corrected chi connectivity index (χ4v) is 0.944. The van der Waals surface area contributed by atoms with Crippen molar-refractivity contribution in [1.29, 1.82) is 0 Å². The molecule has 0 aliphatic rings. The fourth-order valence-electron chi connectivity index (χ4n) is 0.944. The minimum atomic E-state index is -0.159. The number of unbranched alkanes of at least 4 members (excludes halogenated alkanes) is 1. The molecule has 0 aromatic carbocycles. The summed E-state index contributed by atoms with van der Waals surface area (Å²) in [6.07, 6.45) is 4.33. The van der Waals surface area contributed by atoms with Crippen molar-refractivity contribution in [2.75, 3.05) is 6.61 Å². The molecule has 0 aliphatic heterocycles. The highest BCUT2D eigenvalue weighted by atomic mass is 16.5. The standard InChI is InChI=1S/C10H22O2/c1-4-10(3)12-8-6-5-7-9(2)11/h9-11H,4-8H2,1-3H3. The van der Waals surface area contributed by atoms with Gasteiger partial charge in [-0.25, -0.2) is 0 Å². The summed E-state index contributed by atoms with van der Waals surface area (Å²) in [7, 11) is 0. The van der Waals surface area contributed by atoms with E-state index in [-0.39, 0.29) is 6.10 Å². The van der Waals surface area contributed by atoms with Crippen molar-refractivity contribution < 1.29 is 9.84 Å². The molecule has 2 nitrogen and oxygen atoms in total. The van der Waals surface area contributed by atoms with E-state index in [2.05, 4.69) is 13.8 Å². The molecule has 0 aromatic heterocycles. The van der Waals surface area contributed by atoms with Gasteiger partial charge in [0.2, 0.25) is 0 Å². The lowest BCUT2D eigenvalue weighted by Crippen LogP contribution is -2.08. The quantitative estimate of drug-likeness (QED) is 0.600. The first-order chi connectivity index (χ1) is 5.66. The van der Waals surface area contributed by atoms with Crippen LogP contribution in [0.1, 0.15) is 46.5 Å². The molecule has 0 fully saturated rings. The van der Waals surface area contributed by atoms with Crippen LogP contribution in [0.3, 0.4) is 0 Å². The van der Waals surface area contributed by atoms with E-state index in [1.54, 1.807) is 0 Å². The number of hydrogen-bond donors (Lipinski definition) is 1. The SMILES string of the molecule is CCC(C)OCCCCC(C)O. The third-order valence-corrected chi connectivity index (χ3v) is 1.99. The van der Waals surface area contributed by atoms with Gasteiger partial charge >= 0.3 is 0 Å². The molecule has 0 aliphatic carbocycles. The van der Waals surface area contributed by atoms with Crippen molar-refractivity contribution in [3.05, 3.63) is 0 Å². The van der Waals surface area contributed by atoms with Crippen LogP contribution in [0.15, 0.2) is 0 Å². The largest absolute Gasteiger partial charge is 0.393 e. The molecule has 0 aromatic rings. The van der Waals surface area contributed by atoms with Crippen LogP contribution in [0.25, 0.3) is 0 Å². The van der Waals surface area contributed by atoms with Crippen molar-refractivity contribution in [3.8, 4) is 0 Å². The van der Waals surface area contributed by atoms with Gasteiger partial charge in [-0.2, -0.15) is 0 Å². The van der Waals surface area contributed by atoms with Gasteiger partial charge in [-0.3, -0.25) is 0 Å². The predicted molar refractivity (Wildman–Crippen MR) is 51.2 cm³/mol. The highest BCUT2D eigenvalue weighted by Gasteiger charge is 1.98. The molecule has 0 heterocycles. The molecule has 12 heavy (non-hydrogen) atoms. The van der Waals surface area contributed by atoms with Crippen molar-refractivity contribution >= 4 is 0 Å². The first-order valence-electron chi connectivity index (χ1n) is 4.96. The Morgan fingerprint density at radius 3 is 2.42 bits per heavy atom. The van der Waals surface area contributed by atoms with Gasteiger partial charge in [-0.05, 0) is 39.5 Å². The van der Waals surface area contributed by atoms with E-state index in [9.17, 15) is 0 Å². The molecular weight excluding hydrogens is 152 g/mol. The summed E-state index contributed by atoms with van der Waals surface area (Å²) in [4.78, 5) is 0. The lowest BCUT2D eigenvalue weighted by Gasteiger charge is -2.10. The maximum Gasteiger partial charge on any atom is 0.0544 e. The van der Waals surface area contributed by atoms with E-state index in [0.717, 1.165) is 32.3 Å². The summed E-state index contributed by atoms with van der Waals surface area (Å²) in [5.74, 6) is 0. The van der Waals surface area contributed by atoms with E-state index in [0.29, 0.717) is 6.10 Å². The topological polar surface area (TPSA) is 29.5 Å². The predicted octanol–water partition coefficient (Wildman–Crippen LogP) is 2.35. The summed E-state index contributed by atoms with van der Waals surface area (Å²) in [6, 6.07) is 0. The summed E-state index contributed by atoms with van der Waals surface area (Å²) in [6.45, 7) is 6.88. The van der Waals surface area contributed by atoms with Crippen LogP contribution in [-0.2, 0) is 4.74 Å². The Morgan fingerprint density at radius 1 is 1.25 bits per heavy atom. The fraction of sp³-hybridized carbons (Fsp3) is 1.00. The van der Waals surface area contributed by atoms with Crippen molar-refractivity contribution in [2.24, 2.45) is 0 Å². The van der Waals surface area contributed by atoms with Crippen LogP contribution in [-0.4, -0.2) is 23.9 Å². The molecule has 0 saturated heterocycles. The normalized spacial score (nSPS) is 16.0. The minimum Gasteiger partial charge on any atom is -0.393 e. The summed E-state index contributed by atoms with van der Waals surface area (Å²) >= 11 is 0. The lowest BCUT2D eigenvalue weighted by atomic mass is 10.2. The van der Waals surface area contributed by atoms with Crippen molar-refractivity contribution in [2.45, 2.75) is 58.7 Å². The second kappa shape index (κ2) is 7.56. The first kappa shape index (κ1) is 11.9. The molecule has 0 amide bonds. The Labute approximate surface area is 75.9 Å². The number of hydrogen-bond acceptors (Lipinski definition) is 2. The van der Waals surface area contributed by atoms with Crippen LogP contribution >= 0.6 is 0 Å². The molecular formula is C10H22O2. The van der Waals surface area contributed by atoms with Gasteiger partial charge in [0, 0.05) is 6.61 Å². The maximum atomic E-state index is 8.97. The molecule has 0 radical (unpaired) electrons. The van der Waals surface area contributed by atoms with Crippen LogP contribution in [0.2, 0.25) is 0 Å². The molecule has 1 N–H and O–H groups in total. The van der Waals surface area contributed by atoms with E-state index < -0.39 is 0 Å². The molecule has 74 valence electrons. The monoisotopic (exact) mass is 174 g/mol. The van der Waals surface area contributed by atoms with Crippen molar-refractivity contribution in [1.82, 2.24) is 0 Å². The van der Waals surface area contributed by atoms with Crippen molar-refractivity contribution in [3.63, 3.8) is 0 Å². The number of rotatable bonds is 7. The van der Waals surface area contributed by atoms with Gasteiger partial charge in [-0.15, -0.1) is 0 Å². The highest BCUT2D eigenvalue weighted by Crippen LogP contribution is 2.02. The first-order valence-corrected chi connectivity index (χ1v) is 4.96. The maximum absolute atomic E-state index is 8.97. The number of aliphatic hydroxyl groups is 1. The third-order valence-electron chi connectivity index (χ3n) is 1.99. The molecule has 0 saturated carbocycles. The Bertz CT molecular complexity index is 91.8. The van der Waals surface area contributed by atoms with E-state index in [1.165, 1.54) is 0 Å². The van der Waals surface area contributed by atoms with Gasteiger partial charge in [0.25, 0.3) is 0 Å². The van der Waals surface area contributed by atoms with Gasteiger partial charge in [-0.1, -0.05) is 6.92 Å². The van der Waals surface area contributed by atoms with Gasteiger partial charge in [0.1, 0.15) is 0 Å². The Hall–Kier alpha value is -0.0800. The third kappa shape index (κ3) is 8.02. The van der Waals surface area contributed by atoms with Crippen LogP contribution in [0, 0.1) is 0 Å². The average Bonchev–Trinajstić information content (AvgIpc) is 2.03. The second-order valence-electron chi connectivity index (χ2n) is 3.43. The van der Waals surface area contributed by atoms with Gasteiger partial charge < -0.3 is 9.84 Å². The zero-order valence-corrected chi connectivity index (χ0v) is 8.55. The van der Waals surface area contributed by atoms with Gasteiger partial charge in [0.15, 0.2) is 0 Å². The molecule has 0 rings (SSSR count). The zero-order chi connectivity index (χ0) is 9.40. The molecule has 2 heteroatoms. The van der Waals surface area contributed by atoms with E-state index in [1.807, 2.05) is 6.92 Å². The van der Waals surface area contributed by atoms with E-state index >= 15 is 0 Å². The van der Waals surface area contributed by atoms with Gasteiger partial charge in [0.05, 0.1) is 12.2 Å². The summed E-state index contributed by atoms with van der Waals surface area (Å²) in [5, 5.41) is 8.97. The molecule has 2 unspecified atom stereocenters. The van der Waals surface area contributed by atoms with Crippen LogP contribution < -0.4 is 0 Å². The van der Waals surface area contributed by atoms with E-state index in [4.69, 9.17) is 9.84 Å². The Morgan fingerprint density at radius 2 is 1.92 bits per heavy atom. The molecule has 0 bridgehead atoms. The minimum absolute atomic E-state index is 0.159. The Kier molecular flexibility index (Phi) is 7.51. The van der Waals surface area contributed by atoms with Crippen LogP contribution in [0.4, 0.5) is 0 Å². The Balaban J connectivity index is 3.00. The van der Waals surface area contributed by atoms with Crippen LogP contribution in [0.5, 0.6) is 0 Å². The second-order valence-corrected chi connectivity index (χ2v) is 3.43. The molecule has 0 spiro atoms.